The lowest BCUT2D eigenvalue weighted by Gasteiger charge is -2.09. The minimum atomic E-state index is -4.92. The van der Waals surface area contributed by atoms with Gasteiger partial charge in [-0.3, -0.25) is 14.8 Å². The minimum absolute atomic E-state index is 0.0321. The zero-order valence-electron chi connectivity index (χ0n) is 14.0. The third-order valence-electron chi connectivity index (χ3n) is 3.42. The Hall–Kier alpha value is -2.60. The Balaban J connectivity index is 2.28. The van der Waals surface area contributed by atoms with E-state index >= 15 is 0 Å². The first-order chi connectivity index (χ1) is 12.1. The highest BCUT2D eigenvalue weighted by atomic mass is 32.2. The molecule has 0 unspecified atom stereocenters. The maximum Gasteiger partial charge on any atom is 0.341 e. The van der Waals surface area contributed by atoms with Crippen molar-refractivity contribution in [3.63, 3.8) is 0 Å². The summed E-state index contributed by atoms with van der Waals surface area (Å²) in [5.74, 6) is -3.66. The number of benzene rings is 1. The predicted molar refractivity (Wildman–Crippen MR) is 90.3 cm³/mol. The van der Waals surface area contributed by atoms with Crippen molar-refractivity contribution in [1.82, 2.24) is 14.7 Å². The van der Waals surface area contributed by atoms with E-state index in [0.29, 0.717) is 18.3 Å². The van der Waals surface area contributed by atoms with E-state index < -0.39 is 31.1 Å². The van der Waals surface area contributed by atoms with Gasteiger partial charge in [-0.1, -0.05) is 0 Å². The fourth-order valence-electron chi connectivity index (χ4n) is 2.06. The molecule has 0 atom stereocenters. The van der Waals surface area contributed by atoms with Crippen molar-refractivity contribution in [3.8, 4) is 0 Å². The van der Waals surface area contributed by atoms with Gasteiger partial charge in [0.1, 0.15) is 5.69 Å². The lowest BCUT2D eigenvalue weighted by Crippen LogP contribution is -2.18. The number of hydrogen-bond acceptors (Lipinski definition) is 7. The van der Waals surface area contributed by atoms with E-state index in [9.17, 15) is 27.3 Å². The maximum atomic E-state index is 12.6. The molecule has 2 rings (SSSR count). The molecule has 0 spiro atoms. The lowest BCUT2D eigenvalue weighted by atomic mass is 10.2. The molecule has 0 bridgehead atoms. The first kappa shape index (κ1) is 19.7. The molecular weight excluding hydrogens is 372 g/mol. The molecule has 1 N–H and O–H groups in total. The van der Waals surface area contributed by atoms with Gasteiger partial charge in [-0.05, 0) is 26.2 Å². The Labute approximate surface area is 148 Å². The molecule has 0 fully saturated rings. The van der Waals surface area contributed by atoms with Crippen molar-refractivity contribution in [1.29, 1.82) is 0 Å². The SMILES string of the molecule is CN(C)CCn1cc(Nc2ccc(S(=O)(=O)C(F)F)cc2[N+](=O)[O-])cn1. The van der Waals surface area contributed by atoms with Crippen molar-refractivity contribution in [3.05, 3.63) is 40.7 Å². The van der Waals surface area contributed by atoms with E-state index in [2.05, 4.69) is 10.4 Å². The summed E-state index contributed by atoms with van der Waals surface area (Å²) in [6.07, 6.45) is 3.07. The van der Waals surface area contributed by atoms with Gasteiger partial charge in [-0.2, -0.15) is 13.9 Å². The maximum absolute atomic E-state index is 12.6. The summed E-state index contributed by atoms with van der Waals surface area (Å²) in [6, 6.07) is 2.58. The quantitative estimate of drug-likeness (QED) is 0.544. The Morgan fingerprint density at radius 2 is 2.08 bits per heavy atom. The topological polar surface area (TPSA) is 110 Å². The largest absolute Gasteiger partial charge is 0.347 e. The summed E-state index contributed by atoms with van der Waals surface area (Å²) >= 11 is 0. The highest BCUT2D eigenvalue weighted by Crippen LogP contribution is 2.31. The third-order valence-corrected chi connectivity index (χ3v) is 4.80. The number of alkyl halides is 2. The van der Waals surface area contributed by atoms with Crippen LogP contribution in [0.2, 0.25) is 0 Å². The first-order valence-electron chi connectivity index (χ1n) is 7.36. The number of nitro benzene ring substituents is 1. The fraction of sp³-hybridized carbons (Fsp3) is 0.357. The Morgan fingerprint density at radius 3 is 2.65 bits per heavy atom. The number of nitro groups is 1. The van der Waals surface area contributed by atoms with Gasteiger partial charge in [-0.25, -0.2) is 8.42 Å². The zero-order chi connectivity index (χ0) is 19.5. The van der Waals surface area contributed by atoms with Crippen LogP contribution in [0.15, 0.2) is 35.5 Å². The molecule has 0 amide bonds. The average Bonchev–Trinajstić information content (AvgIpc) is 3.00. The Kier molecular flexibility index (Phi) is 5.87. The molecule has 1 aromatic heterocycles. The molecular formula is C14H17F2N5O4S. The van der Waals surface area contributed by atoms with E-state index in [1.807, 2.05) is 19.0 Å². The van der Waals surface area contributed by atoms with Gasteiger partial charge in [0.05, 0.1) is 28.2 Å². The van der Waals surface area contributed by atoms with E-state index in [1.54, 1.807) is 10.9 Å². The van der Waals surface area contributed by atoms with Crippen LogP contribution in [-0.2, 0) is 16.4 Å². The highest BCUT2D eigenvalue weighted by molar-refractivity contribution is 7.91. The molecule has 26 heavy (non-hydrogen) atoms. The van der Waals surface area contributed by atoms with Gasteiger partial charge in [0.15, 0.2) is 0 Å². The molecule has 9 nitrogen and oxygen atoms in total. The van der Waals surface area contributed by atoms with Crippen LogP contribution in [0.25, 0.3) is 0 Å². The van der Waals surface area contributed by atoms with Crippen LogP contribution in [0.3, 0.4) is 0 Å². The van der Waals surface area contributed by atoms with Crippen LogP contribution >= 0.6 is 0 Å². The normalized spacial score (nSPS) is 11.9. The summed E-state index contributed by atoms with van der Waals surface area (Å²) in [4.78, 5) is 11.5. The molecule has 0 aliphatic rings. The summed E-state index contributed by atoms with van der Waals surface area (Å²) in [7, 11) is -1.11. The van der Waals surface area contributed by atoms with Gasteiger partial charge in [0, 0.05) is 18.8 Å². The molecule has 0 aliphatic heterocycles. The number of hydrogen-bond donors (Lipinski definition) is 1. The monoisotopic (exact) mass is 389 g/mol. The number of anilines is 2. The van der Waals surface area contributed by atoms with Gasteiger partial charge >= 0.3 is 5.76 Å². The lowest BCUT2D eigenvalue weighted by molar-refractivity contribution is -0.384. The molecule has 12 heteroatoms. The highest BCUT2D eigenvalue weighted by Gasteiger charge is 2.29. The van der Waals surface area contributed by atoms with E-state index in [-0.39, 0.29) is 5.69 Å². The van der Waals surface area contributed by atoms with Crippen LogP contribution < -0.4 is 5.32 Å². The van der Waals surface area contributed by atoms with E-state index in [4.69, 9.17) is 0 Å². The third kappa shape index (κ3) is 4.52. The number of nitrogens with one attached hydrogen (secondary N) is 1. The van der Waals surface area contributed by atoms with Crippen LogP contribution in [0.1, 0.15) is 0 Å². The number of aromatic nitrogens is 2. The molecule has 0 saturated heterocycles. The number of nitrogens with zero attached hydrogens (tertiary/aromatic N) is 4. The second-order valence-electron chi connectivity index (χ2n) is 5.66. The zero-order valence-corrected chi connectivity index (χ0v) is 14.8. The van der Waals surface area contributed by atoms with Gasteiger partial charge in [-0.15, -0.1) is 0 Å². The minimum Gasteiger partial charge on any atom is -0.347 e. The van der Waals surface area contributed by atoms with Crippen LogP contribution in [-0.4, -0.2) is 54.4 Å². The summed E-state index contributed by atoms with van der Waals surface area (Å²) in [5, 5.41) is 18.1. The molecule has 0 saturated carbocycles. The second-order valence-corrected chi connectivity index (χ2v) is 7.58. The second kappa shape index (κ2) is 7.74. The Morgan fingerprint density at radius 1 is 1.38 bits per heavy atom. The predicted octanol–water partition coefficient (Wildman–Crippen LogP) is 2.09. The molecule has 1 aromatic carbocycles. The molecule has 0 aliphatic carbocycles. The van der Waals surface area contributed by atoms with E-state index in [1.165, 1.54) is 6.20 Å². The van der Waals surface area contributed by atoms with Gasteiger partial charge in [0.2, 0.25) is 9.84 Å². The number of rotatable bonds is 8. The van der Waals surface area contributed by atoms with Crippen molar-refractivity contribution in [2.24, 2.45) is 0 Å². The van der Waals surface area contributed by atoms with Gasteiger partial charge in [0.25, 0.3) is 5.69 Å². The smallest absolute Gasteiger partial charge is 0.341 e. The molecule has 0 radical (unpaired) electrons. The first-order valence-corrected chi connectivity index (χ1v) is 8.90. The number of halogens is 2. The van der Waals surface area contributed by atoms with Crippen molar-refractivity contribution >= 4 is 26.9 Å². The standard InChI is InChI=1S/C14H17F2N5O4S/c1-19(2)5-6-20-9-10(8-17-20)18-12-4-3-11(7-13(12)21(22)23)26(24,25)14(15)16/h3-4,7-9,14,18H,5-6H2,1-2H3. The number of likely N-dealkylation sites (N-methyl/N-ethyl adjacent to an activating group) is 1. The van der Waals surface area contributed by atoms with Crippen molar-refractivity contribution in [2.45, 2.75) is 17.2 Å². The van der Waals surface area contributed by atoms with Crippen LogP contribution in [0.5, 0.6) is 0 Å². The number of sulfone groups is 1. The summed E-state index contributed by atoms with van der Waals surface area (Å²) in [6.45, 7) is 1.34. The molecule has 2 aromatic rings. The molecule has 142 valence electrons. The summed E-state index contributed by atoms with van der Waals surface area (Å²) in [5.41, 5.74) is -0.223. The van der Waals surface area contributed by atoms with Gasteiger partial charge < -0.3 is 10.2 Å². The van der Waals surface area contributed by atoms with Crippen LogP contribution in [0, 0.1) is 10.1 Å². The fourth-order valence-corrected chi connectivity index (χ4v) is 2.80. The van der Waals surface area contributed by atoms with Crippen molar-refractivity contribution in [2.75, 3.05) is 26.0 Å². The van der Waals surface area contributed by atoms with Crippen molar-refractivity contribution < 1.29 is 22.1 Å². The molecule has 1 heterocycles. The average molecular weight is 389 g/mol. The summed E-state index contributed by atoms with van der Waals surface area (Å²) < 4.78 is 49.9. The van der Waals surface area contributed by atoms with Crippen LogP contribution in [0.4, 0.5) is 25.8 Å². The van der Waals surface area contributed by atoms with E-state index in [0.717, 1.165) is 18.7 Å². The Bertz CT molecular complexity index is 898.